The fourth-order valence-electron chi connectivity index (χ4n) is 16.5. The van der Waals surface area contributed by atoms with E-state index in [9.17, 15) is 55.9 Å². The zero-order valence-electron chi connectivity index (χ0n) is 59.2. The highest BCUT2D eigenvalue weighted by atomic mass is 19.2. The van der Waals surface area contributed by atoms with Crippen LogP contribution in [0.1, 0.15) is 109 Å². The first-order chi connectivity index (χ1) is 53.7. The van der Waals surface area contributed by atoms with Crippen molar-refractivity contribution in [2.45, 2.75) is 51.4 Å². The van der Waals surface area contributed by atoms with Gasteiger partial charge in [-0.15, -0.1) is 0 Å². The molecule has 0 fully saturated rings. The highest BCUT2D eigenvalue weighted by Crippen LogP contribution is 2.44. The number of aromatic amines is 6. The molecular formula is C80H70F4N16O11. The molecule has 111 heavy (non-hydrogen) atoms. The molecule has 0 saturated carbocycles. The van der Waals surface area contributed by atoms with Gasteiger partial charge >= 0.3 is 18.0 Å². The van der Waals surface area contributed by atoms with Crippen LogP contribution in [-0.4, -0.2) is 153 Å². The molecule has 7 aromatic carbocycles. The van der Waals surface area contributed by atoms with Crippen molar-refractivity contribution in [3.63, 3.8) is 0 Å². The lowest BCUT2D eigenvalue weighted by Crippen LogP contribution is -2.33. The Kier molecular flexibility index (Phi) is 17.7. The van der Waals surface area contributed by atoms with Crippen molar-refractivity contribution in [1.82, 2.24) is 35.2 Å². The third kappa shape index (κ3) is 11.9. The van der Waals surface area contributed by atoms with E-state index in [1.807, 2.05) is 84.9 Å². The van der Waals surface area contributed by atoms with Crippen LogP contribution in [-0.2, 0) is 38.5 Å². The van der Waals surface area contributed by atoms with E-state index in [1.165, 1.54) is 11.0 Å². The lowest BCUT2D eigenvalue weighted by Gasteiger charge is -2.16. The number of fused-ring (bicyclic) bond motifs is 18. The second-order valence-electron chi connectivity index (χ2n) is 27.9. The van der Waals surface area contributed by atoms with Gasteiger partial charge in [0.1, 0.15) is 34.2 Å². The Balaban J connectivity index is 0.000000153. The molecule has 0 saturated heterocycles. The van der Waals surface area contributed by atoms with Crippen LogP contribution >= 0.6 is 0 Å². The third-order valence-electron chi connectivity index (χ3n) is 21.7. The fraction of sp³-hybridized carbons (Fsp3) is 0.225. The first-order valence-corrected chi connectivity index (χ1v) is 36.2. The number of hydrogen-bond donors (Lipinski definition) is 12. The Morgan fingerprint density at radius 1 is 0.378 bits per heavy atom. The highest BCUT2D eigenvalue weighted by Gasteiger charge is 2.37. The number of nitrogens with zero attached hydrogens (tertiary/aromatic N) is 6. The van der Waals surface area contributed by atoms with Crippen molar-refractivity contribution in [1.29, 1.82) is 0 Å². The monoisotopic (exact) mass is 1510 g/mol. The number of hydrogen-bond acceptors (Lipinski definition) is 12. The average Bonchev–Trinajstić information content (AvgIpc) is 1.41. The van der Waals surface area contributed by atoms with E-state index in [4.69, 9.17) is 32.2 Å². The van der Waals surface area contributed by atoms with Gasteiger partial charge in [-0.2, -0.15) is 8.78 Å². The second-order valence-corrected chi connectivity index (χ2v) is 27.9. The Morgan fingerprint density at radius 2 is 0.649 bits per heavy atom. The summed E-state index contributed by atoms with van der Waals surface area (Å²) >= 11 is 0. The van der Waals surface area contributed by atoms with Crippen LogP contribution in [0.25, 0.3) is 65.4 Å². The van der Waals surface area contributed by atoms with Crippen molar-refractivity contribution >= 4 is 147 Å². The van der Waals surface area contributed by atoms with Gasteiger partial charge in [0.05, 0.1) is 0 Å². The average molecular weight is 1510 g/mol. The SMILES string of the molecule is NC(=O)N1CCc2c1ccc1[nH]c(C(=O)N3CCc4c3ccc3[nH]c(C(=O)N5CCc6c5ccc5[nH]c(C(=O)NCCCO)cc65)cc43)cc21.NC(=O)N1CCc2c1ccc1[nH]c(C(=O)N3CCc4c3ccc3[nH]c(C(=O)N5CCc6c5ccc5[nH]c(C(=O)Oc7c(F)c(F)cc(F)c7F)cc65)cc43)cc21.NCCCO. The zero-order valence-corrected chi connectivity index (χ0v) is 59.2. The first-order valence-electron chi connectivity index (χ1n) is 36.2. The Morgan fingerprint density at radius 3 is 0.937 bits per heavy atom. The number of H-pyrrole nitrogens is 6. The number of ether oxygens (including phenoxy) is 1. The van der Waals surface area contributed by atoms with Gasteiger partial charge in [-0.1, -0.05) is 0 Å². The van der Waals surface area contributed by atoms with Gasteiger partial charge in [-0.05, 0) is 200 Å². The molecule has 31 heteroatoms. The minimum absolute atomic E-state index is 0.0101. The maximum absolute atomic E-state index is 14.2. The summed E-state index contributed by atoms with van der Waals surface area (Å²) in [5.74, 6) is -10.9. The molecule has 6 aromatic heterocycles. The maximum atomic E-state index is 14.2. The molecule has 12 heterocycles. The number of carbonyl (C=O) groups excluding carboxylic acids is 8. The van der Waals surface area contributed by atoms with Gasteiger partial charge in [-0.3, -0.25) is 33.8 Å². The van der Waals surface area contributed by atoms with E-state index in [0.717, 1.165) is 123 Å². The quantitative estimate of drug-likeness (QED) is 0.0179. The molecule has 13 aromatic rings. The maximum Gasteiger partial charge on any atom is 0.360 e. The van der Waals surface area contributed by atoms with Gasteiger partial charge in [0, 0.05) is 165 Å². The number of benzene rings is 7. The third-order valence-corrected chi connectivity index (χ3v) is 21.7. The molecule has 0 radical (unpaired) electrons. The van der Waals surface area contributed by atoms with Crippen molar-refractivity contribution < 1.29 is 70.9 Å². The molecule has 564 valence electrons. The molecule has 6 aliphatic heterocycles. The molecule has 0 atom stereocenters. The summed E-state index contributed by atoms with van der Waals surface area (Å²) in [7, 11) is 0. The van der Waals surface area contributed by atoms with Crippen LogP contribution in [0.3, 0.4) is 0 Å². The summed E-state index contributed by atoms with van der Waals surface area (Å²) in [6, 6.07) is 31.7. The number of esters is 1. The zero-order chi connectivity index (χ0) is 77.1. The smallest absolute Gasteiger partial charge is 0.360 e. The molecule has 0 bridgehead atoms. The molecule has 27 nitrogen and oxygen atoms in total. The summed E-state index contributed by atoms with van der Waals surface area (Å²) in [5.41, 5.74) is 32.7. The standard InChI is InChI=1S/C40H27F4N7O5.C37H34N8O5.C3H9NO/c41-23-16-24(42)35(44)36(34(23)43)56-39(54)30-15-22-18-8-11-50(32(18)5-2-27(22)48-30)37(52)28-13-20-17-7-10-49(31(17)4-1-25(20)46-28)38(53)29-14-21-19-9-12-51(40(45)55)33(19)6-3-26(21)47-29;38-37(50)45-14-10-21-24-18-30(42-27(24)4-7-33(21)45)36(49)44-13-9-20-23-17-29(41-26(23)3-6-32(20)44)35(48)43-12-8-19-22-16-28(34(47)39-11-1-15-46)40-25(22)2-5-31(19)43;4-2-1-3-5/h1-6,13-16,46-48H,7-12H2,(H2,45,55);2-7,16-18,40-42,46H,1,8-15H2,(H2,38,50)(H,39,47);5H,1-4H2. The van der Waals surface area contributed by atoms with E-state index in [2.05, 4.69) is 35.2 Å². The number of anilines is 6. The predicted molar refractivity (Wildman–Crippen MR) is 409 cm³/mol. The molecule has 0 unspecified atom stereocenters. The van der Waals surface area contributed by atoms with Gasteiger partial charge in [0.25, 0.3) is 29.5 Å². The predicted octanol–water partition coefficient (Wildman–Crippen LogP) is 10.2. The molecule has 0 aliphatic carbocycles. The van der Waals surface area contributed by atoms with Crippen molar-refractivity contribution in [2.75, 3.05) is 95.0 Å². The topological polar surface area (TPSA) is 391 Å². The largest absolute Gasteiger partial charge is 0.415 e. The molecule has 15 N–H and O–H groups in total. The number of nitrogens with one attached hydrogen (secondary N) is 7. The van der Waals surface area contributed by atoms with E-state index >= 15 is 0 Å². The van der Waals surface area contributed by atoms with Crippen molar-refractivity contribution in [2.24, 2.45) is 17.2 Å². The summed E-state index contributed by atoms with van der Waals surface area (Å²) in [5, 5.41) is 24.8. The molecule has 6 aliphatic rings. The minimum Gasteiger partial charge on any atom is -0.415 e. The van der Waals surface area contributed by atoms with Gasteiger partial charge in [-0.25, -0.2) is 23.2 Å². The number of carbonyl (C=O) groups is 8. The second kappa shape index (κ2) is 27.8. The number of halogens is 4. The highest BCUT2D eigenvalue weighted by molar-refractivity contribution is 6.16. The number of primary amides is 2. The number of urea groups is 2. The Bertz CT molecular complexity index is 6140. The molecule has 0 spiro atoms. The minimum atomic E-state index is -1.84. The van der Waals surface area contributed by atoms with Gasteiger partial charge < -0.3 is 87.0 Å². The molecular weight excluding hydrogens is 1440 g/mol. The van der Waals surface area contributed by atoms with Crippen LogP contribution in [0.5, 0.6) is 5.75 Å². The number of nitrogens with two attached hydrogens (primary N) is 3. The fourth-order valence-corrected chi connectivity index (χ4v) is 16.5. The van der Waals surface area contributed by atoms with E-state index < -0.39 is 47.0 Å². The Hall–Kier alpha value is -13.3. The Labute approximate surface area is 625 Å². The van der Waals surface area contributed by atoms with E-state index in [0.29, 0.717) is 142 Å². The molecule has 19 rings (SSSR count). The van der Waals surface area contributed by atoms with Crippen LogP contribution in [0.4, 0.5) is 61.3 Å². The first kappa shape index (κ1) is 70.7. The summed E-state index contributed by atoms with van der Waals surface area (Å²) in [6.45, 7) is 4.00. The van der Waals surface area contributed by atoms with Crippen molar-refractivity contribution in [3.05, 3.63) is 206 Å². The van der Waals surface area contributed by atoms with E-state index in [-0.39, 0.29) is 54.5 Å². The normalized spacial score (nSPS) is 14.5. The summed E-state index contributed by atoms with van der Waals surface area (Å²) < 4.78 is 60.4. The van der Waals surface area contributed by atoms with Crippen LogP contribution in [0, 0.1) is 23.3 Å². The van der Waals surface area contributed by atoms with E-state index in [1.54, 1.807) is 42.7 Å². The number of aliphatic hydroxyl groups excluding tert-OH is 2. The summed E-state index contributed by atoms with van der Waals surface area (Å²) in [4.78, 5) is 134. The number of rotatable bonds is 12. The van der Waals surface area contributed by atoms with Gasteiger partial charge in [0.15, 0.2) is 11.6 Å². The lowest BCUT2D eigenvalue weighted by molar-refractivity contribution is 0.0711. The van der Waals surface area contributed by atoms with Crippen LogP contribution in [0.15, 0.2) is 115 Å². The lowest BCUT2D eigenvalue weighted by atomic mass is 10.1. The van der Waals surface area contributed by atoms with Gasteiger partial charge in [0.2, 0.25) is 17.4 Å². The van der Waals surface area contributed by atoms with Crippen molar-refractivity contribution in [3.8, 4) is 5.75 Å². The van der Waals surface area contributed by atoms with Crippen LogP contribution < -0.4 is 56.7 Å². The number of aliphatic hydroxyl groups is 2. The number of amides is 9. The summed E-state index contributed by atoms with van der Waals surface area (Å²) in [6.07, 6.45) is 4.83. The van der Waals surface area contributed by atoms with Crippen LogP contribution in [0.2, 0.25) is 0 Å². The molecule has 9 amide bonds. The number of aromatic nitrogens is 6.